The Balaban J connectivity index is 2.36. The van der Waals surface area contributed by atoms with Gasteiger partial charge in [0.05, 0.1) is 12.9 Å². The molecule has 1 atom stereocenters. The maximum atomic E-state index is 8.78. The van der Waals surface area contributed by atoms with Gasteiger partial charge in [0.2, 0.25) is 0 Å². The second-order valence-electron chi connectivity index (χ2n) is 1.74. The fraction of sp³-hybridized carbons (Fsp3) is 0.600. The van der Waals surface area contributed by atoms with E-state index in [-0.39, 0.29) is 0 Å². The lowest BCUT2D eigenvalue weighted by Crippen LogP contribution is -2.29. The molecule has 8 heavy (non-hydrogen) atoms. The molecule has 1 rings (SSSR count). The van der Waals surface area contributed by atoms with Crippen LogP contribution in [-0.2, 0) is 0 Å². The van der Waals surface area contributed by atoms with Crippen LogP contribution in [0, 0.1) is 6.92 Å². The van der Waals surface area contributed by atoms with Crippen LogP contribution in [0.25, 0.3) is 0 Å². The molecule has 0 spiro atoms. The molecule has 1 unspecified atom stereocenters. The Bertz CT molecular complexity index is 101. The lowest BCUT2D eigenvalue weighted by atomic mass is 10.5. The highest BCUT2D eigenvalue weighted by molar-refractivity contribution is 5.57. The highest BCUT2D eigenvalue weighted by Crippen LogP contribution is 1.95. The molecule has 0 bridgehead atoms. The summed E-state index contributed by atoms with van der Waals surface area (Å²) in [6.07, 6.45) is 0.999. The van der Waals surface area contributed by atoms with E-state index in [0.717, 1.165) is 13.1 Å². The summed E-state index contributed by atoms with van der Waals surface area (Å²) in [5, 5.41) is 8.78. The van der Waals surface area contributed by atoms with Crippen LogP contribution in [0.5, 0.6) is 0 Å². The SMILES string of the molecule is [CH2]C(O)N1C=NCC1. The molecule has 1 N–H and O–H groups in total. The summed E-state index contributed by atoms with van der Waals surface area (Å²) in [7, 11) is 0. The van der Waals surface area contributed by atoms with Crippen molar-refractivity contribution in [3.05, 3.63) is 6.92 Å². The van der Waals surface area contributed by atoms with Gasteiger partial charge in [-0.1, -0.05) is 0 Å². The van der Waals surface area contributed by atoms with E-state index in [2.05, 4.69) is 11.9 Å². The minimum Gasteiger partial charge on any atom is -0.374 e. The van der Waals surface area contributed by atoms with E-state index in [1.165, 1.54) is 0 Å². The molecule has 0 aromatic rings. The molecule has 1 aliphatic rings. The smallest absolute Gasteiger partial charge is 0.127 e. The average molecular weight is 113 g/mol. The third-order valence-corrected chi connectivity index (χ3v) is 1.10. The summed E-state index contributed by atoms with van der Waals surface area (Å²) in [6.45, 7) is 4.99. The number of rotatable bonds is 1. The molecule has 0 aliphatic carbocycles. The Morgan fingerprint density at radius 1 is 1.88 bits per heavy atom. The summed E-state index contributed by atoms with van der Waals surface area (Å²) < 4.78 is 0. The van der Waals surface area contributed by atoms with Crippen LogP contribution in [0.3, 0.4) is 0 Å². The number of hydrogen-bond acceptors (Lipinski definition) is 3. The standard InChI is InChI=1S/C5H9N2O/c1-5(8)7-3-2-6-4-7/h4-5,8H,1-3H2. The van der Waals surface area contributed by atoms with Gasteiger partial charge in [-0.05, 0) is 6.92 Å². The lowest BCUT2D eigenvalue weighted by molar-refractivity contribution is 0.105. The molecule has 1 heterocycles. The number of aliphatic hydroxyl groups is 1. The first-order chi connectivity index (χ1) is 3.80. The van der Waals surface area contributed by atoms with Crippen molar-refractivity contribution in [2.75, 3.05) is 13.1 Å². The molecule has 1 radical (unpaired) electrons. The van der Waals surface area contributed by atoms with Crippen LogP contribution in [0.4, 0.5) is 0 Å². The van der Waals surface area contributed by atoms with Crippen molar-refractivity contribution in [3.8, 4) is 0 Å². The topological polar surface area (TPSA) is 35.8 Å². The van der Waals surface area contributed by atoms with Crippen LogP contribution < -0.4 is 0 Å². The Labute approximate surface area is 48.6 Å². The van der Waals surface area contributed by atoms with Crippen molar-refractivity contribution < 1.29 is 5.11 Å². The zero-order chi connectivity index (χ0) is 5.98. The molecule has 0 saturated heterocycles. The van der Waals surface area contributed by atoms with E-state index in [1.54, 1.807) is 11.2 Å². The number of aliphatic hydroxyl groups excluding tert-OH is 1. The molecule has 0 amide bonds. The highest BCUT2D eigenvalue weighted by atomic mass is 16.3. The van der Waals surface area contributed by atoms with Gasteiger partial charge in [-0.15, -0.1) is 0 Å². The minimum atomic E-state index is -0.624. The maximum absolute atomic E-state index is 8.78. The molecule has 0 fully saturated rings. The van der Waals surface area contributed by atoms with Gasteiger partial charge < -0.3 is 10.0 Å². The van der Waals surface area contributed by atoms with Gasteiger partial charge in [0.15, 0.2) is 0 Å². The van der Waals surface area contributed by atoms with E-state index in [4.69, 9.17) is 5.11 Å². The predicted octanol–water partition coefficient (Wildman–Crippen LogP) is -0.517. The minimum absolute atomic E-state index is 0.624. The monoisotopic (exact) mass is 113 g/mol. The van der Waals surface area contributed by atoms with E-state index in [9.17, 15) is 0 Å². The fourth-order valence-corrected chi connectivity index (χ4v) is 0.620. The first-order valence-corrected chi connectivity index (χ1v) is 2.57. The van der Waals surface area contributed by atoms with Crippen molar-refractivity contribution >= 4 is 6.34 Å². The van der Waals surface area contributed by atoms with Gasteiger partial charge in [0.1, 0.15) is 6.23 Å². The van der Waals surface area contributed by atoms with Gasteiger partial charge in [-0.25, -0.2) is 0 Å². The third-order valence-electron chi connectivity index (χ3n) is 1.10. The summed E-state index contributed by atoms with van der Waals surface area (Å²) in [6, 6.07) is 0. The molecule has 3 heteroatoms. The van der Waals surface area contributed by atoms with Crippen molar-refractivity contribution in [2.24, 2.45) is 4.99 Å². The molecule has 0 saturated carbocycles. The Kier molecular flexibility index (Phi) is 1.48. The Morgan fingerprint density at radius 2 is 2.62 bits per heavy atom. The van der Waals surface area contributed by atoms with Crippen LogP contribution in [0.2, 0.25) is 0 Å². The number of aliphatic imine (C=N–C) groups is 1. The third kappa shape index (κ3) is 0.980. The zero-order valence-corrected chi connectivity index (χ0v) is 4.62. The van der Waals surface area contributed by atoms with Gasteiger partial charge in [0.25, 0.3) is 0 Å². The predicted molar refractivity (Wildman–Crippen MR) is 31.4 cm³/mol. The van der Waals surface area contributed by atoms with E-state index in [1.807, 2.05) is 0 Å². The summed E-state index contributed by atoms with van der Waals surface area (Å²) in [5.74, 6) is 0. The molecular weight excluding hydrogens is 104 g/mol. The quantitative estimate of drug-likeness (QED) is 0.497. The molecule has 0 aromatic heterocycles. The molecular formula is C5H9N2O. The van der Waals surface area contributed by atoms with Crippen molar-refractivity contribution in [3.63, 3.8) is 0 Å². The largest absolute Gasteiger partial charge is 0.374 e. The van der Waals surface area contributed by atoms with Crippen molar-refractivity contribution in [1.29, 1.82) is 0 Å². The zero-order valence-electron chi connectivity index (χ0n) is 4.62. The second kappa shape index (κ2) is 2.13. The van der Waals surface area contributed by atoms with E-state index >= 15 is 0 Å². The number of hydrogen-bond donors (Lipinski definition) is 1. The highest BCUT2D eigenvalue weighted by Gasteiger charge is 2.08. The molecule has 45 valence electrons. The normalized spacial score (nSPS) is 22.0. The Hall–Kier alpha value is -0.570. The van der Waals surface area contributed by atoms with Gasteiger partial charge in [-0.3, -0.25) is 4.99 Å². The fourth-order valence-electron chi connectivity index (χ4n) is 0.620. The second-order valence-corrected chi connectivity index (χ2v) is 1.74. The lowest BCUT2D eigenvalue weighted by Gasteiger charge is -2.15. The first kappa shape index (κ1) is 5.56. The molecule has 0 aromatic carbocycles. The van der Waals surface area contributed by atoms with Gasteiger partial charge in [0, 0.05) is 6.54 Å². The van der Waals surface area contributed by atoms with Crippen LogP contribution in [-0.4, -0.2) is 35.7 Å². The number of nitrogens with zero attached hydrogens (tertiary/aromatic N) is 2. The van der Waals surface area contributed by atoms with E-state index < -0.39 is 6.23 Å². The van der Waals surface area contributed by atoms with Crippen LogP contribution in [0.15, 0.2) is 4.99 Å². The average Bonchev–Trinajstić information content (AvgIpc) is 2.12. The van der Waals surface area contributed by atoms with Crippen molar-refractivity contribution in [1.82, 2.24) is 4.90 Å². The van der Waals surface area contributed by atoms with E-state index in [0.29, 0.717) is 0 Å². The summed E-state index contributed by atoms with van der Waals surface area (Å²) in [4.78, 5) is 5.57. The molecule has 1 aliphatic heterocycles. The Morgan fingerprint density at radius 3 is 2.88 bits per heavy atom. The summed E-state index contributed by atoms with van der Waals surface area (Å²) in [5.41, 5.74) is 0. The van der Waals surface area contributed by atoms with Gasteiger partial charge in [-0.2, -0.15) is 0 Å². The van der Waals surface area contributed by atoms with Gasteiger partial charge >= 0.3 is 0 Å². The molecule has 3 nitrogen and oxygen atoms in total. The van der Waals surface area contributed by atoms with Crippen LogP contribution >= 0.6 is 0 Å². The first-order valence-electron chi connectivity index (χ1n) is 2.57. The van der Waals surface area contributed by atoms with Crippen LogP contribution in [0.1, 0.15) is 0 Å². The maximum Gasteiger partial charge on any atom is 0.127 e. The summed E-state index contributed by atoms with van der Waals surface area (Å²) >= 11 is 0. The van der Waals surface area contributed by atoms with Crippen molar-refractivity contribution in [2.45, 2.75) is 6.23 Å².